The largest absolute Gasteiger partial charge is 0.370 e. The van der Waals surface area contributed by atoms with E-state index in [0.29, 0.717) is 5.92 Å². The van der Waals surface area contributed by atoms with E-state index < -0.39 is 0 Å². The van der Waals surface area contributed by atoms with Crippen LogP contribution in [0.3, 0.4) is 0 Å². The van der Waals surface area contributed by atoms with Gasteiger partial charge in [-0.15, -0.1) is 0 Å². The van der Waals surface area contributed by atoms with Gasteiger partial charge in [-0.2, -0.15) is 0 Å². The van der Waals surface area contributed by atoms with Gasteiger partial charge >= 0.3 is 0 Å². The number of aromatic nitrogens is 2. The summed E-state index contributed by atoms with van der Waals surface area (Å²) < 4.78 is 5.89. The van der Waals surface area contributed by atoms with Gasteiger partial charge in [0.1, 0.15) is 11.4 Å². The van der Waals surface area contributed by atoms with Crippen molar-refractivity contribution in [1.82, 2.24) is 9.97 Å². The summed E-state index contributed by atoms with van der Waals surface area (Å²) in [6.45, 7) is 12.5. The Morgan fingerprint density at radius 1 is 1.35 bits per heavy atom. The van der Waals surface area contributed by atoms with E-state index in [1.807, 2.05) is 0 Å². The maximum atomic E-state index is 5.89. The van der Waals surface area contributed by atoms with Crippen LogP contribution in [0.5, 0.6) is 0 Å². The van der Waals surface area contributed by atoms with E-state index in [4.69, 9.17) is 14.7 Å². The lowest BCUT2D eigenvalue weighted by molar-refractivity contribution is 0.00926. The fourth-order valence-electron chi connectivity index (χ4n) is 2.84. The zero-order valence-electron chi connectivity index (χ0n) is 13.4. The molecule has 1 aromatic heterocycles. The molecule has 1 atom stereocenters. The second-order valence-electron chi connectivity index (χ2n) is 6.16. The third-order valence-electron chi connectivity index (χ3n) is 3.95. The monoisotopic (exact) mass is 277 g/mol. The molecule has 112 valence electrons. The van der Waals surface area contributed by atoms with Crippen molar-refractivity contribution >= 4 is 5.82 Å². The van der Waals surface area contributed by atoms with Gasteiger partial charge in [-0.3, -0.25) is 0 Å². The first kappa shape index (κ1) is 15.2. The Hall–Kier alpha value is -1.16. The Balaban J connectivity index is 2.43. The molecule has 1 unspecified atom stereocenters. The summed E-state index contributed by atoms with van der Waals surface area (Å²) in [4.78, 5) is 9.54. The average Bonchev–Trinajstić information content (AvgIpc) is 2.83. The van der Waals surface area contributed by atoms with Crippen molar-refractivity contribution in [2.24, 2.45) is 0 Å². The number of hydrogen-bond donors (Lipinski definition) is 1. The predicted molar refractivity (Wildman–Crippen MR) is 82.2 cm³/mol. The molecule has 1 aromatic rings. The molecule has 0 radical (unpaired) electrons. The van der Waals surface area contributed by atoms with E-state index in [1.165, 1.54) is 5.56 Å². The first-order valence-corrected chi connectivity index (χ1v) is 7.74. The Labute approximate surface area is 122 Å². The van der Waals surface area contributed by atoms with Gasteiger partial charge in [-0.1, -0.05) is 20.8 Å². The van der Waals surface area contributed by atoms with Crippen molar-refractivity contribution in [2.45, 2.75) is 65.4 Å². The minimum absolute atomic E-state index is 0.317. The van der Waals surface area contributed by atoms with Gasteiger partial charge in [-0.25, -0.2) is 9.97 Å². The lowest BCUT2D eigenvalue weighted by Crippen LogP contribution is -2.25. The van der Waals surface area contributed by atoms with Gasteiger partial charge in [0.15, 0.2) is 5.82 Å². The Morgan fingerprint density at radius 2 is 2.10 bits per heavy atom. The zero-order chi connectivity index (χ0) is 14.8. The maximum Gasteiger partial charge on any atom is 0.162 e. The van der Waals surface area contributed by atoms with E-state index in [0.717, 1.165) is 49.8 Å². The van der Waals surface area contributed by atoms with Crippen molar-refractivity contribution in [3.8, 4) is 0 Å². The summed E-state index contributed by atoms with van der Waals surface area (Å²) in [7, 11) is 0. The summed E-state index contributed by atoms with van der Waals surface area (Å²) >= 11 is 0. The van der Waals surface area contributed by atoms with Crippen LogP contribution in [0.1, 0.15) is 70.0 Å². The molecule has 1 aliphatic rings. The second kappa shape index (κ2) is 6.08. The Kier molecular flexibility index (Phi) is 4.63. The van der Waals surface area contributed by atoms with E-state index in [1.54, 1.807) is 0 Å². The van der Waals surface area contributed by atoms with Crippen LogP contribution in [0.2, 0.25) is 0 Å². The molecule has 1 N–H and O–H groups in total. The Morgan fingerprint density at radius 3 is 2.65 bits per heavy atom. The highest BCUT2D eigenvalue weighted by Crippen LogP contribution is 2.36. The molecule has 1 aliphatic heterocycles. The summed E-state index contributed by atoms with van der Waals surface area (Å²) in [5.41, 5.74) is 1.98. The first-order chi connectivity index (χ1) is 9.48. The van der Waals surface area contributed by atoms with Crippen molar-refractivity contribution in [1.29, 1.82) is 0 Å². The number of nitrogens with zero attached hydrogens (tertiary/aromatic N) is 2. The van der Waals surface area contributed by atoms with Crippen LogP contribution in [-0.2, 0) is 10.3 Å². The number of anilines is 1. The number of aryl methyl sites for hydroxylation is 1. The van der Waals surface area contributed by atoms with Crippen molar-refractivity contribution in [3.05, 3.63) is 17.1 Å². The molecule has 4 heteroatoms. The van der Waals surface area contributed by atoms with Crippen LogP contribution < -0.4 is 5.32 Å². The third-order valence-corrected chi connectivity index (χ3v) is 3.95. The van der Waals surface area contributed by atoms with Gasteiger partial charge in [0.05, 0.1) is 0 Å². The van der Waals surface area contributed by atoms with Gasteiger partial charge in [0.2, 0.25) is 0 Å². The number of nitrogens with one attached hydrogen (secondary N) is 1. The molecule has 0 aromatic carbocycles. The highest BCUT2D eigenvalue weighted by molar-refractivity contribution is 5.48. The highest BCUT2D eigenvalue weighted by atomic mass is 16.5. The minimum atomic E-state index is -0.317. The number of hydrogen-bond acceptors (Lipinski definition) is 4. The summed E-state index contributed by atoms with van der Waals surface area (Å²) in [6.07, 6.45) is 3.17. The molecule has 1 fully saturated rings. The zero-order valence-corrected chi connectivity index (χ0v) is 13.4. The summed E-state index contributed by atoms with van der Waals surface area (Å²) in [6, 6.07) is 0. The second-order valence-corrected chi connectivity index (χ2v) is 6.16. The van der Waals surface area contributed by atoms with E-state index >= 15 is 0 Å². The number of ether oxygens (including phenoxy) is 1. The van der Waals surface area contributed by atoms with Crippen LogP contribution >= 0.6 is 0 Å². The normalized spacial score (nSPS) is 22.5. The molecule has 20 heavy (non-hydrogen) atoms. The molecule has 0 aliphatic carbocycles. The Bertz CT molecular complexity index is 465. The average molecular weight is 277 g/mol. The topological polar surface area (TPSA) is 47.0 Å². The standard InChI is InChI=1S/C16H27N3O/c1-6-9-17-14-13(11(2)3)12(4)18-15(19-14)16(5)8-7-10-20-16/h11H,6-10H2,1-5H3,(H,17,18,19). The summed E-state index contributed by atoms with van der Waals surface area (Å²) in [5, 5.41) is 3.46. The van der Waals surface area contributed by atoms with E-state index in [2.05, 4.69) is 39.9 Å². The lowest BCUT2D eigenvalue weighted by atomic mass is 9.98. The fraction of sp³-hybridized carbons (Fsp3) is 0.750. The van der Waals surface area contributed by atoms with Crippen molar-refractivity contribution in [2.75, 3.05) is 18.5 Å². The third kappa shape index (κ3) is 2.95. The summed E-state index contributed by atoms with van der Waals surface area (Å²) in [5.74, 6) is 2.23. The molecule has 0 amide bonds. The molecular weight excluding hydrogens is 250 g/mol. The fourth-order valence-corrected chi connectivity index (χ4v) is 2.84. The van der Waals surface area contributed by atoms with Gasteiger partial charge in [0, 0.05) is 24.4 Å². The van der Waals surface area contributed by atoms with E-state index in [9.17, 15) is 0 Å². The molecule has 0 saturated carbocycles. The van der Waals surface area contributed by atoms with Crippen molar-refractivity contribution < 1.29 is 4.74 Å². The van der Waals surface area contributed by atoms with E-state index in [-0.39, 0.29) is 5.60 Å². The molecule has 4 nitrogen and oxygen atoms in total. The van der Waals surface area contributed by atoms with Crippen LogP contribution in [0.4, 0.5) is 5.82 Å². The van der Waals surface area contributed by atoms with Crippen molar-refractivity contribution in [3.63, 3.8) is 0 Å². The highest BCUT2D eigenvalue weighted by Gasteiger charge is 2.35. The smallest absolute Gasteiger partial charge is 0.162 e. The first-order valence-electron chi connectivity index (χ1n) is 7.74. The molecule has 1 saturated heterocycles. The lowest BCUT2D eigenvalue weighted by Gasteiger charge is -2.25. The van der Waals surface area contributed by atoms with Crippen LogP contribution in [0.15, 0.2) is 0 Å². The van der Waals surface area contributed by atoms with Crippen LogP contribution in [0, 0.1) is 6.92 Å². The molecule has 2 rings (SSSR count). The quantitative estimate of drug-likeness (QED) is 0.890. The minimum Gasteiger partial charge on any atom is -0.370 e. The molecule has 2 heterocycles. The maximum absolute atomic E-state index is 5.89. The van der Waals surface area contributed by atoms with Crippen LogP contribution in [-0.4, -0.2) is 23.1 Å². The number of rotatable bonds is 5. The van der Waals surface area contributed by atoms with Crippen LogP contribution in [0.25, 0.3) is 0 Å². The van der Waals surface area contributed by atoms with Gasteiger partial charge in [-0.05, 0) is 39.0 Å². The molecule has 0 spiro atoms. The molecular formula is C16H27N3O. The SMILES string of the molecule is CCCNc1nc(C2(C)CCCO2)nc(C)c1C(C)C. The predicted octanol–water partition coefficient (Wildman–Crippen LogP) is 3.76. The van der Waals surface area contributed by atoms with Gasteiger partial charge in [0.25, 0.3) is 0 Å². The molecule has 0 bridgehead atoms. The van der Waals surface area contributed by atoms with Gasteiger partial charge < -0.3 is 10.1 Å².